The fourth-order valence-corrected chi connectivity index (χ4v) is 5.76. The number of nitrogens with one attached hydrogen (secondary N) is 2. The van der Waals surface area contributed by atoms with E-state index in [9.17, 15) is 8.42 Å². The lowest BCUT2D eigenvalue weighted by Crippen LogP contribution is -2.32. The van der Waals surface area contributed by atoms with Crippen molar-refractivity contribution >= 4 is 43.9 Å². The van der Waals surface area contributed by atoms with Gasteiger partial charge in [0.15, 0.2) is 5.82 Å². The molecule has 2 N–H and O–H groups in total. The van der Waals surface area contributed by atoms with E-state index in [0.717, 1.165) is 29.3 Å². The first kappa shape index (κ1) is 23.7. The number of hydrogen-bond acceptors (Lipinski definition) is 6. The average molecular weight is 509 g/mol. The molecule has 1 unspecified atom stereocenters. The molecule has 0 amide bonds. The van der Waals surface area contributed by atoms with Gasteiger partial charge in [-0.25, -0.2) is 13.1 Å². The number of fused-ring (bicyclic) bond motifs is 1. The molecule has 5 rings (SSSR count). The summed E-state index contributed by atoms with van der Waals surface area (Å²) < 4.78 is 34.5. The average Bonchev–Trinajstić information content (AvgIpc) is 3.37. The molecule has 9 heteroatoms. The van der Waals surface area contributed by atoms with Crippen LogP contribution in [0.1, 0.15) is 18.4 Å². The first-order valence-corrected chi connectivity index (χ1v) is 13.3. The van der Waals surface area contributed by atoms with Gasteiger partial charge in [-0.05, 0) is 49.6 Å². The number of hydrogen-bond donors (Lipinski definition) is 2. The van der Waals surface area contributed by atoms with E-state index in [1.807, 2.05) is 48.5 Å². The molecule has 1 aromatic heterocycles. The molecule has 4 aromatic rings. The number of benzene rings is 3. The van der Waals surface area contributed by atoms with E-state index < -0.39 is 10.0 Å². The van der Waals surface area contributed by atoms with Crippen molar-refractivity contribution < 1.29 is 13.2 Å². The zero-order chi connectivity index (χ0) is 24.4. The summed E-state index contributed by atoms with van der Waals surface area (Å²) in [5, 5.41) is 14.5. The van der Waals surface area contributed by atoms with Gasteiger partial charge in [-0.15, -0.1) is 10.2 Å². The first-order valence-electron chi connectivity index (χ1n) is 11.4. The van der Waals surface area contributed by atoms with Crippen molar-refractivity contribution in [3.05, 3.63) is 77.3 Å². The van der Waals surface area contributed by atoms with Crippen molar-refractivity contribution in [1.29, 1.82) is 0 Å². The molecule has 0 saturated carbocycles. The van der Waals surface area contributed by atoms with Gasteiger partial charge < -0.3 is 10.1 Å². The van der Waals surface area contributed by atoms with Crippen LogP contribution >= 0.6 is 11.6 Å². The molecule has 180 valence electrons. The highest BCUT2D eigenvalue weighted by Gasteiger charge is 2.23. The van der Waals surface area contributed by atoms with Crippen molar-refractivity contribution in [2.45, 2.75) is 30.8 Å². The van der Waals surface area contributed by atoms with Crippen LogP contribution in [0.25, 0.3) is 22.0 Å². The Morgan fingerprint density at radius 1 is 1.03 bits per heavy atom. The molecule has 7 nitrogen and oxygen atoms in total. The molecule has 1 aliphatic rings. The predicted octanol–water partition coefficient (Wildman–Crippen LogP) is 5.46. The Balaban J connectivity index is 1.51. The van der Waals surface area contributed by atoms with Gasteiger partial charge >= 0.3 is 0 Å². The van der Waals surface area contributed by atoms with Gasteiger partial charge in [-0.1, -0.05) is 54.1 Å². The third-order valence-corrected chi connectivity index (χ3v) is 7.85. The molecule has 3 aromatic carbocycles. The minimum atomic E-state index is -3.72. The number of aromatic nitrogens is 2. The van der Waals surface area contributed by atoms with Crippen LogP contribution in [0.3, 0.4) is 0 Å². The van der Waals surface area contributed by atoms with Crippen molar-refractivity contribution in [3.63, 3.8) is 0 Å². The molecule has 1 aliphatic heterocycles. The number of anilines is 2. The zero-order valence-electron chi connectivity index (χ0n) is 19.2. The molecule has 1 saturated heterocycles. The van der Waals surface area contributed by atoms with Crippen LogP contribution in [-0.4, -0.2) is 37.9 Å². The number of aryl methyl sites for hydroxylation is 1. The zero-order valence-corrected chi connectivity index (χ0v) is 20.7. The summed E-state index contributed by atoms with van der Waals surface area (Å²) in [6, 6.07) is 20.5. The monoisotopic (exact) mass is 508 g/mol. The number of rotatable bonds is 7. The summed E-state index contributed by atoms with van der Waals surface area (Å²) in [7, 11) is -3.72. The largest absolute Gasteiger partial charge is 0.377 e. The molecule has 0 aliphatic carbocycles. The molecule has 1 fully saturated rings. The molecule has 0 radical (unpaired) electrons. The predicted molar refractivity (Wildman–Crippen MR) is 139 cm³/mol. The van der Waals surface area contributed by atoms with E-state index in [4.69, 9.17) is 16.3 Å². The third kappa shape index (κ3) is 5.16. The second kappa shape index (κ2) is 9.91. The van der Waals surface area contributed by atoms with Gasteiger partial charge in [0.1, 0.15) is 5.69 Å². The smallest absolute Gasteiger partial charge is 0.240 e. The van der Waals surface area contributed by atoms with E-state index in [0.29, 0.717) is 34.3 Å². The fraction of sp³-hybridized carbons (Fsp3) is 0.231. The highest BCUT2D eigenvalue weighted by Crippen LogP contribution is 2.33. The summed E-state index contributed by atoms with van der Waals surface area (Å²) in [5.41, 5.74) is 2.73. The molecule has 0 bridgehead atoms. The van der Waals surface area contributed by atoms with Crippen molar-refractivity contribution in [3.8, 4) is 11.3 Å². The van der Waals surface area contributed by atoms with Crippen LogP contribution < -0.4 is 10.0 Å². The summed E-state index contributed by atoms with van der Waals surface area (Å²) >= 11 is 6.12. The fourth-order valence-electron chi connectivity index (χ4n) is 4.24. The Kier molecular flexibility index (Phi) is 6.71. The maximum atomic E-state index is 13.1. The lowest BCUT2D eigenvalue weighted by atomic mass is 10.0. The van der Waals surface area contributed by atoms with Crippen LogP contribution in [0.5, 0.6) is 0 Å². The Morgan fingerprint density at radius 3 is 2.63 bits per heavy atom. The summed E-state index contributed by atoms with van der Waals surface area (Å²) in [6.45, 7) is 2.72. The Labute approximate surface area is 209 Å². The quantitative estimate of drug-likeness (QED) is 0.344. The third-order valence-electron chi connectivity index (χ3n) is 6.05. The lowest BCUT2D eigenvalue weighted by molar-refractivity contribution is 0.114. The molecule has 0 spiro atoms. The van der Waals surface area contributed by atoms with Crippen molar-refractivity contribution in [2.75, 3.05) is 18.5 Å². The van der Waals surface area contributed by atoms with Crippen molar-refractivity contribution in [2.24, 2.45) is 0 Å². The summed E-state index contributed by atoms with van der Waals surface area (Å²) in [5.74, 6) is 0.588. The summed E-state index contributed by atoms with van der Waals surface area (Å²) in [4.78, 5) is 0.222. The molecular weight excluding hydrogens is 484 g/mol. The number of nitrogens with zero attached hydrogens (tertiary/aromatic N) is 2. The van der Waals surface area contributed by atoms with Crippen LogP contribution in [0.15, 0.2) is 71.6 Å². The molecule has 35 heavy (non-hydrogen) atoms. The molecular formula is C26H25ClN4O3S. The van der Waals surface area contributed by atoms with Gasteiger partial charge in [0.2, 0.25) is 10.0 Å². The highest BCUT2D eigenvalue weighted by atomic mass is 35.5. The first-order chi connectivity index (χ1) is 16.9. The van der Waals surface area contributed by atoms with E-state index in [-0.39, 0.29) is 17.5 Å². The van der Waals surface area contributed by atoms with Gasteiger partial charge in [-0.2, -0.15) is 0 Å². The number of sulfonamides is 1. The van der Waals surface area contributed by atoms with Crippen LogP contribution in [0.2, 0.25) is 5.02 Å². The standard InChI is InChI=1S/C26H25ClN4O3S/c1-17-11-12-18(14-24(17)35(32,33)28-16-21-8-5-13-34-21)25-22-9-2-3-10-23(22)26(31-30-25)29-20-7-4-6-19(27)15-20/h2-4,6-7,9-12,14-15,21,28H,5,8,13,16H2,1H3,(H,29,31). The van der Waals surface area contributed by atoms with E-state index in [2.05, 4.69) is 20.2 Å². The second-order valence-electron chi connectivity index (χ2n) is 8.55. The van der Waals surface area contributed by atoms with Crippen LogP contribution in [-0.2, 0) is 14.8 Å². The Bertz CT molecular complexity index is 1490. The maximum absolute atomic E-state index is 13.1. The van der Waals surface area contributed by atoms with Gasteiger partial charge in [0.25, 0.3) is 0 Å². The molecule has 2 heterocycles. The lowest BCUT2D eigenvalue weighted by Gasteiger charge is -2.15. The van der Waals surface area contributed by atoms with E-state index in [1.165, 1.54) is 0 Å². The van der Waals surface area contributed by atoms with Gasteiger partial charge in [-0.3, -0.25) is 0 Å². The number of ether oxygens (including phenoxy) is 1. The van der Waals surface area contributed by atoms with Crippen LogP contribution in [0.4, 0.5) is 11.5 Å². The normalized spacial score (nSPS) is 16.0. The van der Waals surface area contributed by atoms with Crippen molar-refractivity contribution in [1.82, 2.24) is 14.9 Å². The Hall–Kier alpha value is -3.04. The van der Waals surface area contributed by atoms with Gasteiger partial charge in [0.05, 0.1) is 11.0 Å². The Morgan fingerprint density at radius 2 is 1.86 bits per heavy atom. The maximum Gasteiger partial charge on any atom is 0.240 e. The SMILES string of the molecule is Cc1ccc(-c2nnc(Nc3cccc(Cl)c3)c3ccccc23)cc1S(=O)(=O)NCC1CCCO1. The van der Waals surface area contributed by atoms with Crippen LogP contribution in [0, 0.1) is 6.92 Å². The minimum Gasteiger partial charge on any atom is -0.377 e. The van der Waals surface area contributed by atoms with E-state index in [1.54, 1.807) is 25.1 Å². The van der Waals surface area contributed by atoms with Gasteiger partial charge in [0, 0.05) is 40.2 Å². The second-order valence-corrected chi connectivity index (χ2v) is 10.7. The molecule has 1 atom stereocenters. The minimum absolute atomic E-state index is 0.0809. The highest BCUT2D eigenvalue weighted by molar-refractivity contribution is 7.89. The summed E-state index contributed by atoms with van der Waals surface area (Å²) in [6.07, 6.45) is 1.73. The topological polar surface area (TPSA) is 93.2 Å². The number of halogens is 1. The van der Waals surface area contributed by atoms with E-state index >= 15 is 0 Å².